The molecule has 0 aliphatic rings. The van der Waals surface area contributed by atoms with Gasteiger partial charge in [0, 0.05) is 0 Å². The summed E-state index contributed by atoms with van der Waals surface area (Å²) >= 11 is 4.78. The Balaban J connectivity index is 2.74. The number of fused-ring (bicyclic) bond motifs is 1. The van der Waals surface area contributed by atoms with Crippen LogP contribution in [-0.4, -0.2) is 26.2 Å². The topological polar surface area (TPSA) is 55.2 Å². The monoisotopic (exact) mass is 214 g/mol. The van der Waals surface area contributed by atoms with Crippen LogP contribution >= 0.6 is 12.2 Å². The van der Waals surface area contributed by atoms with E-state index in [9.17, 15) is 4.39 Å². The van der Waals surface area contributed by atoms with Crippen LogP contribution in [-0.2, 0) is 0 Å². The number of aromatic amines is 1. The molecule has 74 valence electrons. The van der Waals surface area contributed by atoms with E-state index in [-0.39, 0.29) is 16.4 Å². The van der Waals surface area contributed by atoms with Crippen molar-refractivity contribution in [1.29, 1.82) is 0 Å². The molecule has 0 radical (unpaired) electrons. The van der Waals surface area contributed by atoms with Gasteiger partial charge in [0.2, 0.25) is 4.77 Å². The maximum atomic E-state index is 13.2. The van der Waals surface area contributed by atoms with Gasteiger partial charge in [-0.25, -0.2) is 9.37 Å². The van der Waals surface area contributed by atoms with E-state index in [4.69, 9.17) is 17.0 Å². The fourth-order valence-corrected chi connectivity index (χ4v) is 1.25. The first-order chi connectivity index (χ1) is 6.72. The number of nitrogens with one attached hydrogen (secondary N) is 1. The zero-order valence-electron chi connectivity index (χ0n) is 7.32. The Morgan fingerprint density at radius 2 is 2.50 bits per heavy atom. The summed E-state index contributed by atoms with van der Waals surface area (Å²) in [6.07, 6.45) is 1.05. The molecule has 0 aliphatic carbocycles. The molecule has 0 spiro atoms. The van der Waals surface area contributed by atoms with Crippen molar-refractivity contribution in [3.05, 3.63) is 16.8 Å². The fraction of sp³-hybridized carbons (Fsp3) is 0.286. The summed E-state index contributed by atoms with van der Waals surface area (Å²) in [6.45, 7) is 2.24. The average molecular weight is 214 g/mol. The third-order valence-corrected chi connectivity index (χ3v) is 1.78. The summed E-state index contributed by atoms with van der Waals surface area (Å²) in [4.78, 5) is 7.54. The SMILES string of the molecule is CCOc1ncc(F)c2nc(=S)[nH]n12. The Bertz CT molecular complexity index is 520. The third kappa shape index (κ3) is 1.35. The number of hydrogen-bond donors (Lipinski definition) is 1. The number of ether oxygens (including phenoxy) is 1. The Kier molecular flexibility index (Phi) is 2.16. The van der Waals surface area contributed by atoms with E-state index in [2.05, 4.69) is 15.1 Å². The van der Waals surface area contributed by atoms with Gasteiger partial charge in [-0.1, -0.05) is 0 Å². The third-order valence-electron chi connectivity index (χ3n) is 1.59. The van der Waals surface area contributed by atoms with Crippen LogP contribution in [0.3, 0.4) is 0 Å². The minimum absolute atomic E-state index is 0.0912. The lowest BCUT2D eigenvalue weighted by molar-refractivity contribution is 0.301. The normalized spacial score (nSPS) is 10.7. The molecule has 0 aromatic carbocycles. The van der Waals surface area contributed by atoms with Crippen molar-refractivity contribution < 1.29 is 9.13 Å². The quantitative estimate of drug-likeness (QED) is 0.766. The second kappa shape index (κ2) is 3.33. The molecule has 0 saturated carbocycles. The van der Waals surface area contributed by atoms with Gasteiger partial charge in [-0.05, 0) is 19.1 Å². The Hall–Kier alpha value is -1.50. The molecule has 2 rings (SSSR count). The first-order valence-electron chi connectivity index (χ1n) is 3.98. The molecule has 1 N–H and O–H groups in total. The van der Waals surface area contributed by atoms with E-state index in [1.165, 1.54) is 4.52 Å². The fourth-order valence-electron chi connectivity index (χ4n) is 1.08. The van der Waals surface area contributed by atoms with Crippen LogP contribution in [0, 0.1) is 10.6 Å². The second-order valence-corrected chi connectivity index (χ2v) is 2.90. The summed E-state index contributed by atoms with van der Waals surface area (Å²) in [5.41, 5.74) is 0.0912. The molecule has 0 fully saturated rings. The lowest BCUT2D eigenvalue weighted by Crippen LogP contribution is -2.03. The summed E-state index contributed by atoms with van der Waals surface area (Å²) < 4.78 is 19.8. The standard InChI is InChI=1S/C7H7FN4OS/c1-2-13-7-9-3-4(8)5-10-6(14)11-12(5)7/h3H,2H2,1H3,(H,11,14). The molecule has 14 heavy (non-hydrogen) atoms. The molecule has 0 atom stereocenters. The minimum Gasteiger partial charge on any atom is -0.464 e. The van der Waals surface area contributed by atoms with Crippen LogP contribution in [0.5, 0.6) is 6.01 Å². The summed E-state index contributed by atoms with van der Waals surface area (Å²) in [7, 11) is 0. The average Bonchev–Trinajstić information content (AvgIpc) is 2.53. The highest BCUT2D eigenvalue weighted by atomic mass is 32.1. The Morgan fingerprint density at radius 1 is 1.71 bits per heavy atom. The van der Waals surface area contributed by atoms with Gasteiger partial charge < -0.3 is 4.74 Å². The van der Waals surface area contributed by atoms with Gasteiger partial charge >= 0.3 is 6.01 Å². The molecule has 0 amide bonds. The molecule has 0 aliphatic heterocycles. The maximum absolute atomic E-state index is 13.2. The molecular weight excluding hydrogens is 207 g/mol. The molecule has 2 aromatic rings. The van der Waals surface area contributed by atoms with Crippen molar-refractivity contribution in [3.63, 3.8) is 0 Å². The molecule has 0 unspecified atom stereocenters. The molecular formula is C7H7FN4OS. The number of rotatable bonds is 2. The van der Waals surface area contributed by atoms with Crippen molar-refractivity contribution in [1.82, 2.24) is 19.6 Å². The highest BCUT2D eigenvalue weighted by Crippen LogP contribution is 2.11. The number of nitrogens with zero attached hydrogens (tertiary/aromatic N) is 3. The molecule has 0 saturated heterocycles. The summed E-state index contributed by atoms with van der Waals surface area (Å²) in [5, 5.41) is 2.65. The zero-order valence-corrected chi connectivity index (χ0v) is 8.14. The van der Waals surface area contributed by atoms with Crippen molar-refractivity contribution >= 4 is 17.9 Å². The van der Waals surface area contributed by atoms with Crippen LogP contribution in [0.15, 0.2) is 6.20 Å². The van der Waals surface area contributed by atoms with E-state index in [1.807, 2.05) is 6.92 Å². The lowest BCUT2D eigenvalue weighted by atomic mass is 10.6. The molecule has 5 nitrogen and oxygen atoms in total. The van der Waals surface area contributed by atoms with Gasteiger partial charge in [0.25, 0.3) is 0 Å². The number of H-pyrrole nitrogens is 1. The largest absolute Gasteiger partial charge is 0.464 e. The Morgan fingerprint density at radius 3 is 3.21 bits per heavy atom. The lowest BCUT2D eigenvalue weighted by Gasteiger charge is -2.03. The van der Waals surface area contributed by atoms with Crippen LogP contribution < -0.4 is 4.74 Å². The van der Waals surface area contributed by atoms with Gasteiger partial charge in [0.05, 0.1) is 12.8 Å². The van der Waals surface area contributed by atoms with Crippen molar-refractivity contribution in [2.45, 2.75) is 6.92 Å². The van der Waals surface area contributed by atoms with Crippen LogP contribution in [0.25, 0.3) is 5.65 Å². The summed E-state index contributed by atoms with van der Waals surface area (Å²) in [5.74, 6) is -0.541. The van der Waals surface area contributed by atoms with E-state index >= 15 is 0 Å². The number of aromatic nitrogens is 4. The molecule has 7 heteroatoms. The van der Waals surface area contributed by atoms with E-state index in [1.54, 1.807) is 0 Å². The van der Waals surface area contributed by atoms with Crippen LogP contribution in [0.4, 0.5) is 4.39 Å². The van der Waals surface area contributed by atoms with Crippen molar-refractivity contribution in [2.75, 3.05) is 6.61 Å². The van der Waals surface area contributed by atoms with E-state index < -0.39 is 5.82 Å². The minimum atomic E-state index is -0.541. The van der Waals surface area contributed by atoms with Gasteiger partial charge in [0.1, 0.15) is 0 Å². The van der Waals surface area contributed by atoms with E-state index in [0.29, 0.717) is 6.61 Å². The maximum Gasteiger partial charge on any atom is 0.317 e. The first-order valence-corrected chi connectivity index (χ1v) is 4.39. The van der Waals surface area contributed by atoms with Gasteiger partial charge in [-0.3, -0.25) is 5.10 Å². The highest BCUT2D eigenvalue weighted by molar-refractivity contribution is 7.71. The van der Waals surface area contributed by atoms with Gasteiger partial charge in [-0.15, -0.1) is 0 Å². The van der Waals surface area contributed by atoms with Crippen LogP contribution in [0.2, 0.25) is 0 Å². The first kappa shape index (κ1) is 9.07. The van der Waals surface area contributed by atoms with Gasteiger partial charge in [-0.2, -0.15) is 9.50 Å². The second-order valence-electron chi connectivity index (χ2n) is 2.51. The van der Waals surface area contributed by atoms with Crippen molar-refractivity contribution in [3.8, 4) is 6.01 Å². The predicted molar refractivity (Wildman–Crippen MR) is 49.3 cm³/mol. The molecule has 2 heterocycles. The van der Waals surface area contributed by atoms with Crippen LogP contribution in [0.1, 0.15) is 6.92 Å². The summed E-state index contributed by atoms with van der Waals surface area (Å²) in [6, 6.07) is 0.243. The number of hydrogen-bond acceptors (Lipinski definition) is 4. The van der Waals surface area contributed by atoms with E-state index in [0.717, 1.165) is 6.20 Å². The Labute approximate surface area is 83.5 Å². The number of halogens is 1. The zero-order chi connectivity index (χ0) is 10.1. The van der Waals surface area contributed by atoms with Gasteiger partial charge in [0.15, 0.2) is 11.5 Å². The smallest absolute Gasteiger partial charge is 0.317 e. The molecule has 0 bridgehead atoms. The molecule has 2 aromatic heterocycles. The highest BCUT2D eigenvalue weighted by Gasteiger charge is 2.09. The predicted octanol–water partition coefficient (Wildman–Crippen LogP) is 1.32. The van der Waals surface area contributed by atoms with Crippen molar-refractivity contribution in [2.24, 2.45) is 0 Å².